The minimum atomic E-state index is -0.516. The molecule has 0 fully saturated rings. The van der Waals surface area contributed by atoms with Gasteiger partial charge in [-0.1, -0.05) is 6.92 Å². The molecule has 1 aromatic heterocycles. The van der Waals surface area contributed by atoms with Crippen LogP contribution in [0.25, 0.3) is 0 Å². The zero-order chi connectivity index (χ0) is 12.8. The van der Waals surface area contributed by atoms with Gasteiger partial charge < -0.3 is 15.3 Å². The van der Waals surface area contributed by atoms with E-state index < -0.39 is 6.10 Å². The number of nitrogens with one attached hydrogen (secondary N) is 1. The molecule has 0 spiro atoms. The molecule has 1 atom stereocenters. The Labute approximate surface area is 105 Å². The zero-order valence-electron chi connectivity index (χ0n) is 10.4. The summed E-state index contributed by atoms with van der Waals surface area (Å²) in [6, 6.07) is -0.195. The van der Waals surface area contributed by atoms with Crippen molar-refractivity contribution in [3.63, 3.8) is 0 Å². The molecule has 1 rings (SSSR count). The van der Waals surface area contributed by atoms with E-state index in [0.717, 1.165) is 11.4 Å². The Morgan fingerprint density at radius 2 is 2.41 bits per heavy atom. The van der Waals surface area contributed by atoms with Gasteiger partial charge in [0.1, 0.15) is 5.01 Å². The molecule has 0 aliphatic rings. The van der Waals surface area contributed by atoms with Crippen LogP contribution in [0.2, 0.25) is 0 Å². The average Bonchev–Trinajstić information content (AvgIpc) is 2.72. The minimum absolute atomic E-state index is 0.195. The maximum atomic E-state index is 11.6. The molecular formula is C11H19N3O2S. The van der Waals surface area contributed by atoms with E-state index in [-0.39, 0.29) is 6.03 Å². The van der Waals surface area contributed by atoms with E-state index in [1.54, 1.807) is 25.3 Å². The van der Waals surface area contributed by atoms with E-state index in [9.17, 15) is 4.79 Å². The van der Waals surface area contributed by atoms with Gasteiger partial charge in [-0.3, -0.25) is 0 Å². The lowest BCUT2D eigenvalue weighted by Gasteiger charge is -2.18. The number of aliphatic hydroxyl groups excluding tert-OH is 1. The van der Waals surface area contributed by atoms with Crippen molar-refractivity contribution in [2.75, 3.05) is 13.6 Å². The van der Waals surface area contributed by atoms with Crippen LogP contribution in [0.4, 0.5) is 4.79 Å². The number of urea groups is 1. The van der Waals surface area contributed by atoms with Gasteiger partial charge in [0.25, 0.3) is 0 Å². The molecule has 1 unspecified atom stereocenters. The van der Waals surface area contributed by atoms with Crippen LogP contribution < -0.4 is 5.32 Å². The highest BCUT2D eigenvalue weighted by molar-refractivity contribution is 7.11. The first-order valence-electron chi connectivity index (χ1n) is 5.63. The van der Waals surface area contributed by atoms with Crippen molar-refractivity contribution >= 4 is 17.4 Å². The topological polar surface area (TPSA) is 65.5 Å². The fourth-order valence-corrected chi connectivity index (χ4v) is 2.16. The van der Waals surface area contributed by atoms with Crippen LogP contribution in [0.3, 0.4) is 0 Å². The molecule has 96 valence electrons. The summed E-state index contributed by atoms with van der Waals surface area (Å²) in [4.78, 5) is 18.5. The van der Waals surface area contributed by atoms with E-state index in [0.29, 0.717) is 13.1 Å². The summed E-state index contributed by atoms with van der Waals surface area (Å²) < 4.78 is 0. The highest BCUT2D eigenvalue weighted by Crippen LogP contribution is 2.12. The number of likely N-dealkylation sites (N-methyl/N-ethyl adjacent to an activating group) is 1. The number of carbonyl (C=O) groups is 1. The van der Waals surface area contributed by atoms with Crippen LogP contribution in [0.5, 0.6) is 0 Å². The molecule has 6 heteroatoms. The van der Waals surface area contributed by atoms with Crippen molar-refractivity contribution in [3.05, 3.63) is 16.1 Å². The monoisotopic (exact) mass is 257 g/mol. The highest BCUT2D eigenvalue weighted by Gasteiger charge is 2.10. The van der Waals surface area contributed by atoms with E-state index in [1.807, 2.05) is 6.20 Å². The Balaban J connectivity index is 2.37. The predicted octanol–water partition coefficient (Wildman–Crippen LogP) is 1.23. The number of aliphatic hydroxyl groups is 1. The molecule has 17 heavy (non-hydrogen) atoms. The summed E-state index contributed by atoms with van der Waals surface area (Å²) >= 11 is 1.61. The molecule has 0 saturated carbocycles. The molecule has 0 bridgehead atoms. The maximum Gasteiger partial charge on any atom is 0.317 e. The van der Waals surface area contributed by atoms with Crippen molar-refractivity contribution in [1.29, 1.82) is 0 Å². The van der Waals surface area contributed by atoms with Crippen molar-refractivity contribution in [3.8, 4) is 0 Å². The Morgan fingerprint density at radius 1 is 1.71 bits per heavy atom. The van der Waals surface area contributed by atoms with Crippen LogP contribution in [-0.4, -0.2) is 40.7 Å². The van der Waals surface area contributed by atoms with E-state index in [1.165, 1.54) is 9.78 Å². The van der Waals surface area contributed by atoms with Crippen molar-refractivity contribution in [1.82, 2.24) is 15.2 Å². The van der Waals surface area contributed by atoms with Crippen molar-refractivity contribution in [2.45, 2.75) is 32.9 Å². The number of amides is 2. The van der Waals surface area contributed by atoms with Crippen LogP contribution in [0.15, 0.2) is 6.20 Å². The zero-order valence-corrected chi connectivity index (χ0v) is 11.3. The van der Waals surface area contributed by atoms with Gasteiger partial charge in [0, 0.05) is 24.7 Å². The summed E-state index contributed by atoms with van der Waals surface area (Å²) in [5.41, 5.74) is 0. The third kappa shape index (κ3) is 4.70. The van der Waals surface area contributed by atoms with Gasteiger partial charge in [-0.25, -0.2) is 9.78 Å². The smallest absolute Gasteiger partial charge is 0.317 e. The maximum absolute atomic E-state index is 11.6. The molecule has 0 aliphatic heterocycles. The second kappa shape index (κ2) is 6.56. The number of hydrogen-bond donors (Lipinski definition) is 2. The number of hydrogen-bond acceptors (Lipinski definition) is 4. The van der Waals surface area contributed by atoms with Gasteiger partial charge in [0.15, 0.2) is 0 Å². The number of thiazole rings is 1. The molecule has 1 aromatic rings. The van der Waals surface area contributed by atoms with Crippen LogP contribution in [-0.2, 0) is 13.0 Å². The standard InChI is InChI=1S/C11H19N3O2S/c1-4-9-5-12-10(17-9)6-13-11(16)14(3)7-8(2)15/h5,8,15H,4,6-7H2,1-3H3,(H,13,16). The Morgan fingerprint density at radius 3 is 2.94 bits per heavy atom. The number of rotatable bonds is 5. The molecular weight excluding hydrogens is 238 g/mol. The molecule has 0 radical (unpaired) electrons. The van der Waals surface area contributed by atoms with Crippen molar-refractivity contribution < 1.29 is 9.90 Å². The third-order valence-electron chi connectivity index (χ3n) is 2.23. The van der Waals surface area contributed by atoms with Crippen LogP contribution >= 0.6 is 11.3 Å². The first-order valence-corrected chi connectivity index (χ1v) is 6.45. The molecule has 0 aromatic carbocycles. The second-order valence-electron chi connectivity index (χ2n) is 3.96. The number of carbonyl (C=O) groups excluding carboxylic acids is 1. The molecule has 2 N–H and O–H groups in total. The highest BCUT2D eigenvalue weighted by atomic mass is 32.1. The molecule has 5 nitrogen and oxygen atoms in total. The number of nitrogens with zero attached hydrogens (tertiary/aromatic N) is 2. The van der Waals surface area contributed by atoms with E-state index in [2.05, 4.69) is 17.2 Å². The van der Waals surface area contributed by atoms with Crippen molar-refractivity contribution in [2.24, 2.45) is 0 Å². The lowest BCUT2D eigenvalue weighted by atomic mass is 10.4. The fraction of sp³-hybridized carbons (Fsp3) is 0.636. The molecule has 2 amide bonds. The molecule has 0 saturated heterocycles. The lowest BCUT2D eigenvalue weighted by molar-refractivity contribution is 0.143. The number of aromatic nitrogens is 1. The van der Waals surface area contributed by atoms with Gasteiger partial charge >= 0.3 is 6.03 Å². The van der Waals surface area contributed by atoms with E-state index in [4.69, 9.17) is 5.11 Å². The lowest BCUT2D eigenvalue weighted by Crippen LogP contribution is -2.40. The summed E-state index contributed by atoms with van der Waals surface area (Å²) in [6.07, 6.45) is 2.29. The van der Waals surface area contributed by atoms with Gasteiger partial charge in [-0.15, -0.1) is 11.3 Å². The Bertz CT molecular complexity index is 365. The molecule has 0 aliphatic carbocycles. The van der Waals surface area contributed by atoms with Crippen LogP contribution in [0.1, 0.15) is 23.7 Å². The third-order valence-corrected chi connectivity index (χ3v) is 3.37. The van der Waals surface area contributed by atoms with Gasteiger partial charge in [-0.05, 0) is 13.3 Å². The summed E-state index contributed by atoms with van der Waals surface area (Å²) in [5.74, 6) is 0. The SMILES string of the molecule is CCc1cnc(CNC(=O)N(C)CC(C)O)s1. The van der Waals surface area contributed by atoms with Gasteiger partial charge in [0.2, 0.25) is 0 Å². The van der Waals surface area contributed by atoms with Crippen LogP contribution in [0, 0.1) is 0 Å². The predicted molar refractivity (Wildman–Crippen MR) is 68.0 cm³/mol. The Hall–Kier alpha value is -1.14. The number of aryl methyl sites for hydroxylation is 1. The normalized spacial score (nSPS) is 12.2. The summed E-state index contributed by atoms with van der Waals surface area (Å²) in [7, 11) is 1.65. The summed E-state index contributed by atoms with van der Waals surface area (Å²) in [5, 5.41) is 12.8. The first-order chi connectivity index (χ1) is 8.02. The molecule has 1 heterocycles. The largest absolute Gasteiger partial charge is 0.392 e. The van der Waals surface area contributed by atoms with Gasteiger partial charge in [-0.2, -0.15) is 0 Å². The quantitative estimate of drug-likeness (QED) is 0.833. The minimum Gasteiger partial charge on any atom is -0.392 e. The van der Waals surface area contributed by atoms with E-state index >= 15 is 0 Å². The first kappa shape index (κ1) is 13.9. The fourth-order valence-electron chi connectivity index (χ4n) is 1.36. The Kier molecular flexibility index (Phi) is 5.37. The van der Waals surface area contributed by atoms with Gasteiger partial charge in [0.05, 0.1) is 12.6 Å². The average molecular weight is 257 g/mol. The summed E-state index contributed by atoms with van der Waals surface area (Å²) in [6.45, 7) is 4.49. The second-order valence-corrected chi connectivity index (χ2v) is 5.16.